The van der Waals surface area contributed by atoms with Crippen LogP contribution in [0.4, 0.5) is 5.69 Å². The first-order valence-electron chi connectivity index (χ1n) is 12.1. The topological polar surface area (TPSA) is 97.3 Å². The van der Waals surface area contributed by atoms with Crippen LogP contribution >= 0.6 is 43.5 Å². The molecule has 8 nitrogen and oxygen atoms in total. The standard InChI is InChI=1S/C29H24Br2ClN3O5S/c1-39-27-16-21(15-26(31)29(27)40-19-20-7-11-23(32)12-8-20)17-33-34-28(36)18-35(24-13-9-22(30)10-14-24)41(37,38)25-5-3-2-4-6-25/h2-17H,18-19H2,1H3,(H,34,36)/b33-17-. The summed E-state index contributed by atoms with van der Waals surface area (Å²) in [6.45, 7) is -0.183. The number of ether oxygens (including phenoxy) is 2. The number of hydrazone groups is 1. The van der Waals surface area contributed by atoms with Gasteiger partial charge in [0, 0.05) is 9.50 Å². The third kappa shape index (κ3) is 8.10. The molecule has 0 heterocycles. The zero-order chi connectivity index (χ0) is 29.4. The van der Waals surface area contributed by atoms with Crippen molar-refractivity contribution in [3.63, 3.8) is 0 Å². The van der Waals surface area contributed by atoms with Gasteiger partial charge in [0.25, 0.3) is 15.9 Å². The van der Waals surface area contributed by atoms with Crippen LogP contribution in [0.1, 0.15) is 11.1 Å². The molecule has 0 bridgehead atoms. The summed E-state index contributed by atoms with van der Waals surface area (Å²) in [5.41, 5.74) is 4.28. The average molecular weight is 722 g/mol. The number of benzene rings is 4. The second-order valence-corrected chi connectivity index (χ2v) is 12.6. The summed E-state index contributed by atoms with van der Waals surface area (Å²) >= 11 is 12.8. The summed E-state index contributed by atoms with van der Waals surface area (Å²) in [5, 5.41) is 4.66. The lowest BCUT2D eigenvalue weighted by Gasteiger charge is -2.23. The summed E-state index contributed by atoms with van der Waals surface area (Å²) in [7, 11) is -2.51. The number of hydrogen-bond donors (Lipinski definition) is 1. The van der Waals surface area contributed by atoms with Crippen LogP contribution in [-0.4, -0.2) is 34.2 Å². The summed E-state index contributed by atoms with van der Waals surface area (Å²) in [6.07, 6.45) is 1.42. The minimum atomic E-state index is -4.02. The van der Waals surface area contributed by atoms with Crippen LogP contribution in [-0.2, 0) is 21.4 Å². The lowest BCUT2D eigenvalue weighted by molar-refractivity contribution is -0.119. The molecule has 0 spiro atoms. The first kappa shape index (κ1) is 30.6. The van der Waals surface area contributed by atoms with Crippen LogP contribution in [0.15, 0.2) is 110 Å². The molecule has 12 heteroatoms. The molecule has 212 valence electrons. The molecule has 0 aliphatic rings. The van der Waals surface area contributed by atoms with E-state index < -0.39 is 22.5 Å². The van der Waals surface area contributed by atoms with Crippen LogP contribution in [0.3, 0.4) is 0 Å². The van der Waals surface area contributed by atoms with Gasteiger partial charge in [0.1, 0.15) is 13.2 Å². The Bertz CT molecular complexity index is 1640. The fourth-order valence-electron chi connectivity index (χ4n) is 3.68. The summed E-state index contributed by atoms with van der Waals surface area (Å²) < 4.78 is 40.7. The van der Waals surface area contributed by atoms with Crippen molar-refractivity contribution in [2.24, 2.45) is 5.10 Å². The molecule has 0 fully saturated rings. The van der Waals surface area contributed by atoms with Crippen molar-refractivity contribution < 1.29 is 22.7 Å². The predicted molar refractivity (Wildman–Crippen MR) is 167 cm³/mol. The van der Waals surface area contributed by atoms with Crippen LogP contribution in [0.2, 0.25) is 5.02 Å². The molecular formula is C29H24Br2ClN3O5S. The molecule has 0 aromatic heterocycles. The second-order valence-electron chi connectivity index (χ2n) is 8.54. The number of carbonyl (C=O) groups excluding carboxylic acids is 1. The monoisotopic (exact) mass is 719 g/mol. The minimum Gasteiger partial charge on any atom is -0.493 e. The molecule has 0 saturated heterocycles. The Morgan fingerprint density at radius 1 is 1.00 bits per heavy atom. The number of anilines is 1. The van der Waals surface area contributed by atoms with Gasteiger partial charge in [-0.2, -0.15) is 5.10 Å². The van der Waals surface area contributed by atoms with Crippen LogP contribution in [0.5, 0.6) is 11.5 Å². The SMILES string of the molecule is COc1cc(/C=N\NC(=O)CN(c2ccc(Br)cc2)S(=O)(=O)c2ccccc2)cc(Br)c1OCc1ccc(Cl)cc1. The molecule has 4 aromatic rings. The maximum Gasteiger partial charge on any atom is 0.264 e. The van der Waals surface area contributed by atoms with E-state index in [-0.39, 0.29) is 4.90 Å². The number of rotatable bonds is 11. The van der Waals surface area contributed by atoms with E-state index in [9.17, 15) is 13.2 Å². The second kappa shape index (κ2) is 14.0. The number of methoxy groups -OCH3 is 1. The zero-order valence-electron chi connectivity index (χ0n) is 21.6. The highest BCUT2D eigenvalue weighted by Gasteiger charge is 2.27. The van der Waals surface area contributed by atoms with Gasteiger partial charge in [0.15, 0.2) is 11.5 Å². The molecule has 4 aromatic carbocycles. The number of hydrogen-bond acceptors (Lipinski definition) is 6. The smallest absolute Gasteiger partial charge is 0.264 e. The summed E-state index contributed by atoms with van der Waals surface area (Å²) in [5.74, 6) is 0.328. The van der Waals surface area contributed by atoms with Crippen molar-refractivity contribution in [3.8, 4) is 11.5 Å². The quantitative estimate of drug-likeness (QED) is 0.136. The lowest BCUT2D eigenvalue weighted by atomic mass is 10.2. The third-order valence-corrected chi connectivity index (χ3v) is 8.84. The molecule has 0 unspecified atom stereocenters. The summed E-state index contributed by atoms with van der Waals surface area (Å²) in [6, 6.07) is 25.3. The third-order valence-electron chi connectivity index (χ3n) is 5.68. The van der Waals surface area contributed by atoms with Gasteiger partial charge in [-0.05, 0) is 87.7 Å². The number of carbonyl (C=O) groups is 1. The van der Waals surface area contributed by atoms with Crippen molar-refractivity contribution >= 4 is 71.3 Å². The summed E-state index contributed by atoms with van der Waals surface area (Å²) in [4.78, 5) is 12.9. The van der Waals surface area contributed by atoms with Gasteiger partial charge in [-0.3, -0.25) is 9.10 Å². The van der Waals surface area contributed by atoms with Gasteiger partial charge in [0.05, 0.1) is 28.4 Å². The highest BCUT2D eigenvalue weighted by Crippen LogP contribution is 2.37. The van der Waals surface area contributed by atoms with E-state index >= 15 is 0 Å². The van der Waals surface area contributed by atoms with E-state index in [2.05, 4.69) is 42.4 Å². The fraction of sp³-hybridized carbons (Fsp3) is 0.103. The van der Waals surface area contributed by atoms with E-state index in [1.165, 1.54) is 25.5 Å². The van der Waals surface area contributed by atoms with Crippen LogP contribution in [0, 0.1) is 0 Å². The number of nitrogens with zero attached hydrogens (tertiary/aromatic N) is 2. The molecule has 0 saturated carbocycles. The largest absolute Gasteiger partial charge is 0.493 e. The molecule has 1 N–H and O–H groups in total. The molecule has 0 aliphatic carbocycles. The van der Waals surface area contributed by atoms with Gasteiger partial charge in [-0.1, -0.05) is 57.9 Å². The molecule has 41 heavy (non-hydrogen) atoms. The minimum absolute atomic E-state index is 0.0644. The molecule has 0 atom stereocenters. The number of amides is 1. The van der Waals surface area contributed by atoms with Gasteiger partial charge in [-0.25, -0.2) is 13.8 Å². The maximum absolute atomic E-state index is 13.4. The molecule has 0 aliphatic heterocycles. The van der Waals surface area contributed by atoms with Crippen molar-refractivity contribution in [1.29, 1.82) is 0 Å². The predicted octanol–water partition coefficient (Wildman–Crippen LogP) is 6.80. The average Bonchev–Trinajstić information content (AvgIpc) is 2.97. The van der Waals surface area contributed by atoms with Gasteiger partial charge in [0.2, 0.25) is 0 Å². The van der Waals surface area contributed by atoms with E-state index in [0.717, 1.165) is 14.3 Å². The van der Waals surface area contributed by atoms with Gasteiger partial charge < -0.3 is 9.47 Å². The maximum atomic E-state index is 13.4. The number of sulfonamides is 1. The highest BCUT2D eigenvalue weighted by atomic mass is 79.9. The lowest BCUT2D eigenvalue weighted by Crippen LogP contribution is -2.39. The Balaban J connectivity index is 1.47. The first-order valence-corrected chi connectivity index (χ1v) is 15.5. The Kier molecular flexibility index (Phi) is 10.4. The fourth-order valence-corrected chi connectivity index (χ4v) is 6.08. The van der Waals surface area contributed by atoms with E-state index in [0.29, 0.717) is 38.9 Å². The normalized spacial score (nSPS) is 11.3. The number of halogens is 3. The van der Waals surface area contributed by atoms with E-state index in [1.54, 1.807) is 66.7 Å². The molecular weight excluding hydrogens is 698 g/mol. The molecule has 4 rings (SSSR count). The Hall–Kier alpha value is -3.38. The van der Waals surface area contributed by atoms with Crippen molar-refractivity contribution in [3.05, 3.63) is 116 Å². The Morgan fingerprint density at radius 3 is 2.34 bits per heavy atom. The van der Waals surface area contributed by atoms with E-state index in [1.807, 2.05) is 12.1 Å². The first-order chi connectivity index (χ1) is 19.7. The van der Waals surface area contributed by atoms with Crippen LogP contribution in [0.25, 0.3) is 0 Å². The number of nitrogens with one attached hydrogen (secondary N) is 1. The Morgan fingerprint density at radius 2 is 1.68 bits per heavy atom. The van der Waals surface area contributed by atoms with Crippen molar-refractivity contribution in [2.45, 2.75) is 11.5 Å². The molecule has 1 amide bonds. The molecule has 0 radical (unpaired) electrons. The highest BCUT2D eigenvalue weighted by molar-refractivity contribution is 9.10. The van der Waals surface area contributed by atoms with Crippen LogP contribution < -0.4 is 19.2 Å². The van der Waals surface area contributed by atoms with Gasteiger partial charge >= 0.3 is 0 Å². The zero-order valence-corrected chi connectivity index (χ0v) is 26.4. The van der Waals surface area contributed by atoms with Crippen molar-refractivity contribution in [1.82, 2.24) is 5.43 Å². The van der Waals surface area contributed by atoms with Gasteiger partial charge in [-0.15, -0.1) is 0 Å². The van der Waals surface area contributed by atoms with E-state index in [4.69, 9.17) is 21.1 Å². The van der Waals surface area contributed by atoms with Crippen molar-refractivity contribution in [2.75, 3.05) is 18.0 Å². The Labute approximate surface area is 260 Å².